The number of rotatable bonds is 5. The number of aromatic nitrogens is 2. The number of fused-ring (bicyclic) bond motifs is 1. The van der Waals surface area contributed by atoms with Crippen LogP contribution in [0.1, 0.15) is 37.8 Å². The molecule has 5 heteroatoms. The zero-order chi connectivity index (χ0) is 16.9. The molecule has 0 bridgehead atoms. The summed E-state index contributed by atoms with van der Waals surface area (Å²) >= 11 is 1.50. The molecule has 2 aromatic rings. The number of para-hydroxylation sites is 2. The van der Waals surface area contributed by atoms with Gasteiger partial charge in [-0.05, 0) is 37.8 Å². The minimum atomic E-state index is 0.180. The van der Waals surface area contributed by atoms with Gasteiger partial charge in [-0.2, -0.15) is 0 Å². The molecule has 0 atom stereocenters. The molecule has 1 aliphatic carbocycles. The first kappa shape index (κ1) is 17.2. The fourth-order valence-electron chi connectivity index (χ4n) is 3.31. The van der Waals surface area contributed by atoms with Crippen molar-refractivity contribution in [2.75, 3.05) is 19.3 Å². The van der Waals surface area contributed by atoms with E-state index in [0.29, 0.717) is 11.7 Å². The molecular formula is C19H25N3OS. The zero-order valence-electron chi connectivity index (χ0n) is 14.5. The minimum Gasteiger partial charge on any atom is -0.345 e. The van der Waals surface area contributed by atoms with E-state index in [1.54, 1.807) is 0 Å². The third-order valence-corrected chi connectivity index (χ3v) is 5.77. The summed E-state index contributed by atoms with van der Waals surface area (Å²) in [6.45, 7) is 2.85. The minimum absolute atomic E-state index is 0.180. The number of thioether (sulfide) groups is 1. The number of hydrogen-bond donors (Lipinski definition) is 0. The number of aryl methyl sites for hydroxylation is 1. The Balaban J connectivity index is 1.58. The molecule has 3 rings (SSSR count). The van der Waals surface area contributed by atoms with E-state index in [-0.39, 0.29) is 5.91 Å². The lowest BCUT2D eigenvalue weighted by Crippen LogP contribution is -2.33. The van der Waals surface area contributed by atoms with Crippen molar-refractivity contribution in [1.29, 1.82) is 0 Å². The van der Waals surface area contributed by atoms with Gasteiger partial charge in [-0.3, -0.25) is 4.79 Å². The van der Waals surface area contributed by atoms with Crippen molar-refractivity contribution in [3.05, 3.63) is 30.0 Å². The van der Waals surface area contributed by atoms with Crippen molar-refractivity contribution in [3.63, 3.8) is 0 Å². The molecule has 0 spiro atoms. The quantitative estimate of drug-likeness (QED) is 0.768. The average Bonchev–Trinajstić information content (AvgIpc) is 2.60. The molecule has 1 saturated carbocycles. The molecule has 128 valence electrons. The number of benzene rings is 1. The van der Waals surface area contributed by atoms with Crippen LogP contribution in [-0.4, -0.2) is 40.1 Å². The maximum Gasteiger partial charge on any atom is 0.232 e. The number of carbonyl (C=O) groups is 1. The number of carbonyl (C=O) groups excluding carboxylic acids is 1. The van der Waals surface area contributed by atoms with Gasteiger partial charge in [-0.1, -0.05) is 43.2 Å². The third-order valence-electron chi connectivity index (χ3n) is 4.72. The molecule has 1 aliphatic rings. The van der Waals surface area contributed by atoms with Crippen LogP contribution < -0.4 is 0 Å². The maximum atomic E-state index is 12.4. The molecule has 1 aromatic heterocycles. The molecule has 1 heterocycles. The van der Waals surface area contributed by atoms with Crippen LogP contribution in [0.25, 0.3) is 11.0 Å². The van der Waals surface area contributed by atoms with Gasteiger partial charge in [0.15, 0.2) is 0 Å². The van der Waals surface area contributed by atoms with Crippen molar-refractivity contribution in [2.45, 2.75) is 44.1 Å². The van der Waals surface area contributed by atoms with Crippen LogP contribution in [0, 0.1) is 12.8 Å². The van der Waals surface area contributed by atoms with Gasteiger partial charge in [0.2, 0.25) is 5.91 Å². The first-order valence-corrected chi connectivity index (χ1v) is 9.72. The van der Waals surface area contributed by atoms with Crippen molar-refractivity contribution in [3.8, 4) is 0 Å². The SMILES string of the molecule is Cc1nc2ccccc2nc1SCC(=O)N(C)CC1CCCCC1. The molecule has 0 unspecified atom stereocenters. The second kappa shape index (κ2) is 7.97. The summed E-state index contributed by atoms with van der Waals surface area (Å²) < 4.78 is 0. The van der Waals surface area contributed by atoms with E-state index in [0.717, 1.165) is 28.3 Å². The summed E-state index contributed by atoms with van der Waals surface area (Å²) in [5.41, 5.74) is 2.68. The molecule has 0 aliphatic heterocycles. The highest BCUT2D eigenvalue weighted by molar-refractivity contribution is 7.99. The lowest BCUT2D eigenvalue weighted by molar-refractivity contribution is -0.127. The van der Waals surface area contributed by atoms with E-state index in [1.807, 2.05) is 43.1 Å². The van der Waals surface area contributed by atoms with Gasteiger partial charge in [0.1, 0.15) is 5.03 Å². The van der Waals surface area contributed by atoms with Crippen molar-refractivity contribution in [2.24, 2.45) is 5.92 Å². The Morgan fingerprint density at radius 3 is 2.54 bits per heavy atom. The number of amides is 1. The van der Waals surface area contributed by atoms with E-state index < -0.39 is 0 Å². The molecule has 1 aromatic carbocycles. The fourth-order valence-corrected chi connectivity index (χ4v) is 4.21. The van der Waals surface area contributed by atoms with Gasteiger partial charge in [0.05, 0.1) is 22.5 Å². The number of nitrogens with zero attached hydrogens (tertiary/aromatic N) is 3. The first-order valence-electron chi connectivity index (χ1n) is 8.73. The number of hydrogen-bond acceptors (Lipinski definition) is 4. The summed E-state index contributed by atoms with van der Waals surface area (Å²) in [5.74, 6) is 1.29. The molecule has 1 fully saturated rings. The molecule has 0 N–H and O–H groups in total. The van der Waals surface area contributed by atoms with Crippen LogP contribution in [0.15, 0.2) is 29.3 Å². The first-order chi connectivity index (χ1) is 11.6. The van der Waals surface area contributed by atoms with Gasteiger partial charge in [-0.25, -0.2) is 9.97 Å². The average molecular weight is 343 g/mol. The second-order valence-electron chi connectivity index (χ2n) is 6.67. The Bertz CT molecular complexity index is 713. The predicted molar refractivity (Wildman–Crippen MR) is 99.2 cm³/mol. The summed E-state index contributed by atoms with van der Waals surface area (Å²) in [7, 11) is 1.93. The van der Waals surface area contributed by atoms with Gasteiger partial charge >= 0.3 is 0 Å². The summed E-state index contributed by atoms with van der Waals surface area (Å²) in [6.07, 6.45) is 6.50. The molecule has 24 heavy (non-hydrogen) atoms. The highest BCUT2D eigenvalue weighted by Gasteiger charge is 2.18. The Hall–Kier alpha value is -1.62. The van der Waals surface area contributed by atoms with Crippen molar-refractivity contribution in [1.82, 2.24) is 14.9 Å². The van der Waals surface area contributed by atoms with Gasteiger partial charge in [0, 0.05) is 13.6 Å². The second-order valence-corrected chi connectivity index (χ2v) is 7.63. The lowest BCUT2D eigenvalue weighted by atomic mass is 9.89. The summed E-state index contributed by atoms with van der Waals surface area (Å²) in [4.78, 5) is 23.6. The van der Waals surface area contributed by atoms with Gasteiger partial charge < -0.3 is 4.90 Å². The van der Waals surface area contributed by atoms with Gasteiger partial charge in [0.25, 0.3) is 0 Å². The maximum absolute atomic E-state index is 12.4. The zero-order valence-corrected chi connectivity index (χ0v) is 15.3. The Morgan fingerprint density at radius 1 is 1.17 bits per heavy atom. The van der Waals surface area contributed by atoms with Crippen LogP contribution in [0.5, 0.6) is 0 Å². The normalized spacial score (nSPS) is 15.6. The van der Waals surface area contributed by atoms with Crippen molar-refractivity contribution < 1.29 is 4.79 Å². The smallest absolute Gasteiger partial charge is 0.232 e. The molecule has 4 nitrogen and oxygen atoms in total. The van der Waals surface area contributed by atoms with E-state index in [2.05, 4.69) is 9.97 Å². The third kappa shape index (κ3) is 4.26. The van der Waals surface area contributed by atoms with E-state index in [9.17, 15) is 4.79 Å². The Morgan fingerprint density at radius 2 is 1.83 bits per heavy atom. The standard InChI is InChI=1S/C19H25N3OS/c1-14-19(21-17-11-7-6-10-16(17)20-14)24-13-18(23)22(2)12-15-8-4-3-5-9-15/h6-7,10-11,15H,3-5,8-9,12-13H2,1-2H3. The van der Waals surface area contributed by atoms with E-state index in [4.69, 9.17) is 0 Å². The molecular weight excluding hydrogens is 318 g/mol. The summed E-state index contributed by atoms with van der Waals surface area (Å²) in [5, 5.41) is 0.855. The van der Waals surface area contributed by atoms with E-state index in [1.165, 1.54) is 43.9 Å². The van der Waals surface area contributed by atoms with Gasteiger partial charge in [-0.15, -0.1) is 0 Å². The Kier molecular flexibility index (Phi) is 5.72. The Labute approximate surface area is 148 Å². The predicted octanol–water partition coefficient (Wildman–Crippen LogP) is 4.07. The van der Waals surface area contributed by atoms with Crippen LogP contribution in [-0.2, 0) is 4.79 Å². The monoisotopic (exact) mass is 343 g/mol. The molecule has 0 radical (unpaired) electrons. The fraction of sp³-hybridized carbons (Fsp3) is 0.526. The van der Waals surface area contributed by atoms with Crippen LogP contribution in [0.2, 0.25) is 0 Å². The van der Waals surface area contributed by atoms with Crippen LogP contribution in [0.3, 0.4) is 0 Å². The summed E-state index contributed by atoms with van der Waals surface area (Å²) in [6, 6.07) is 7.85. The molecule has 1 amide bonds. The lowest BCUT2D eigenvalue weighted by Gasteiger charge is -2.27. The largest absolute Gasteiger partial charge is 0.345 e. The van der Waals surface area contributed by atoms with Crippen molar-refractivity contribution >= 4 is 28.7 Å². The van der Waals surface area contributed by atoms with Crippen LogP contribution >= 0.6 is 11.8 Å². The highest BCUT2D eigenvalue weighted by Crippen LogP contribution is 2.25. The topological polar surface area (TPSA) is 46.1 Å². The van der Waals surface area contributed by atoms with E-state index >= 15 is 0 Å². The molecule has 0 saturated heterocycles. The highest BCUT2D eigenvalue weighted by atomic mass is 32.2. The van der Waals surface area contributed by atoms with Crippen LogP contribution in [0.4, 0.5) is 0 Å².